The molecule has 110 valence electrons. The van der Waals surface area contributed by atoms with E-state index in [0.717, 1.165) is 11.1 Å². The molecular formula is C17H18FNO2. The first-order chi connectivity index (χ1) is 10.0. The van der Waals surface area contributed by atoms with E-state index >= 15 is 0 Å². The normalized spacial score (nSPS) is 10.3. The molecule has 1 amide bonds. The van der Waals surface area contributed by atoms with E-state index in [-0.39, 0.29) is 11.7 Å². The molecule has 2 rings (SSSR count). The van der Waals surface area contributed by atoms with E-state index in [9.17, 15) is 9.18 Å². The highest BCUT2D eigenvalue weighted by Crippen LogP contribution is 2.19. The summed E-state index contributed by atoms with van der Waals surface area (Å²) >= 11 is 0. The van der Waals surface area contributed by atoms with Crippen molar-refractivity contribution in [3.8, 4) is 5.75 Å². The highest BCUT2D eigenvalue weighted by molar-refractivity contribution is 5.94. The minimum Gasteiger partial charge on any atom is -0.494 e. The number of amides is 1. The smallest absolute Gasteiger partial charge is 0.253 e. The molecule has 0 heterocycles. The molecule has 0 atom stereocenters. The number of aryl methyl sites for hydroxylation is 1. The van der Waals surface area contributed by atoms with Crippen LogP contribution in [-0.2, 0) is 6.54 Å². The molecule has 0 aliphatic rings. The number of benzene rings is 2. The second-order valence-electron chi connectivity index (χ2n) is 5.00. The lowest BCUT2D eigenvalue weighted by Gasteiger charge is -2.18. The highest BCUT2D eigenvalue weighted by atomic mass is 19.1. The number of nitrogens with zero attached hydrogens (tertiary/aromatic N) is 1. The molecule has 3 nitrogen and oxygen atoms in total. The van der Waals surface area contributed by atoms with E-state index in [4.69, 9.17) is 4.74 Å². The molecule has 0 aliphatic carbocycles. The Labute approximate surface area is 124 Å². The molecule has 0 bridgehead atoms. The topological polar surface area (TPSA) is 29.5 Å². The van der Waals surface area contributed by atoms with Gasteiger partial charge in [-0.1, -0.05) is 23.8 Å². The Balaban J connectivity index is 2.12. The molecule has 0 saturated heterocycles. The summed E-state index contributed by atoms with van der Waals surface area (Å²) in [5, 5.41) is 0. The molecule has 0 saturated carbocycles. The predicted molar refractivity (Wildman–Crippen MR) is 79.9 cm³/mol. The first kappa shape index (κ1) is 15.0. The van der Waals surface area contributed by atoms with Crippen LogP contribution in [-0.4, -0.2) is 25.0 Å². The van der Waals surface area contributed by atoms with Crippen LogP contribution in [0.3, 0.4) is 0 Å². The largest absolute Gasteiger partial charge is 0.494 e. The maximum atomic E-state index is 13.6. The van der Waals surface area contributed by atoms with Crippen LogP contribution in [0.5, 0.6) is 5.75 Å². The van der Waals surface area contributed by atoms with Gasteiger partial charge in [-0.05, 0) is 36.8 Å². The van der Waals surface area contributed by atoms with E-state index in [1.807, 2.05) is 25.1 Å². The summed E-state index contributed by atoms with van der Waals surface area (Å²) in [6.45, 7) is 2.28. The van der Waals surface area contributed by atoms with Gasteiger partial charge in [-0.3, -0.25) is 4.79 Å². The number of carbonyl (C=O) groups is 1. The minimum absolute atomic E-state index is 0.0880. The SMILES string of the molecule is COc1ccc(CN(C)C(=O)c2cccc(C)c2)cc1F. The summed E-state index contributed by atoms with van der Waals surface area (Å²) in [6.07, 6.45) is 0. The van der Waals surface area contributed by atoms with Gasteiger partial charge in [0.05, 0.1) is 7.11 Å². The zero-order valence-corrected chi connectivity index (χ0v) is 12.4. The fourth-order valence-electron chi connectivity index (χ4n) is 2.15. The molecule has 0 spiro atoms. The Morgan fingerprint density at radius 2 is 2.00 bits per heavy atom. The summed E-state index contributed by atoms with van der Waals surface area (Å²) < 4.78 is 18.5. The Hall–Kier alpha value is -2.36. The molecule has 2 aromatic carbocycles. The number of methoxy groups -OCH3 is 1. The lowest BCUT2D eigenvalue weighted by atomic mass is 10.1. The fraction of sp³-hybridized carbons (Fsp3) is 0.235. The van der Waals surface area contributed by atoms with Crippen LogP contribution in [0.4, 0.5) is 4.39 Å². The Morgan fingerprint density at radius 3 is 2.62 bits per heavy atom. The number of hydrogen-bond donors (Lipinski definition) is 0. The van der Waals surface area contributed by atoms with Crippen molar-refractivity contribution in [3.05, 3.63) is 65.0 Å². The van der Waals surface area contributed by atoms with Gasteiger partial charge in [0.1, 0.15) is 0 Å². The minimum atomic E-state index is -0.425. The van der Waals surface area contributed by atoms with E-state index in [1.165, 1.54) is 13.2 Å². The molecule has 4 heteroatoms. The second-order valence-corrected chi connectivity index (χ2v) is 5.00. The van der Waals surface area contributed by atoms with Crippen molar-refractivity contribution in [1.29, 1.82) is 0 Å². The maximum absolute atomic E-state index is 13.6. The average molecular weight is 287 g/mol. The number of hydrogen-bond acceptors (Lipinski definition) is 2. The summed E-state index contributed by atoms with van der Waals surface area (Å²) in [5.41, 5.74) is 2.38. The molecule has 0 unspecified atom stereocenters. The van der Waals surface area contributed by atoms with Crippen molar-refractivity contribution in [2.45, 2.75) is 13.5 Å². The quantitative estimate of drug-likeness (QED) is 0.862. The average Bonchev–Trinajstić information content (AvgIpc) is 2.46. The summed E-state index contributed by atoms with van der Waals surface area (Å²) in [6, 6.07) is 12.1. The van der Waals surface area contributed by atoms with Crippen LogP contribution in [0.25, 0.3) is 0 Å². The monoisotopic (exact) mass is 287 g/mol. The molecule has 21 heavy (non-hydrogen) atoms. The van der Waals surface area contributed by atoms with Crippen LogP contribution in [0.1, 0.15) is 21.5 Å². The first-order valence-electron chi connectivity index (χ1n) is 6.66. The molecule has 2 aromatic rings. The molecule has 0 aromatic heterocycles. The standard InChI is InChI=1S/C17H18FNO2/c1-12-5-4-6-14(9-12)17(20)19(2)11-13-7-8-16(21-3)15(18)10-13/h4-10H,11H2,1-3H3. The third-order valence-corrected chi connectivity index (χ3v) is 3.25. The van der Waals surface area contributed by atoms with Crippen molar-refractivity contribution < 1.29 is 13.9 Å². The number of halogens is 1. The first-order valence-corrected chi connectivity index (χ1v) is 6.66. The van der Waals surface area contributed by atoms with Crippen LogP contribution < -0.4 is 4.74 Å². The fourth-order valence-corrected chi connectivity index (χ4v) is 2.15. The van der Waals surface area contributed by atoms with Gasteiger partial charge in [0.25, 0.3) is 5.91 Å². The second kappa shape index (κ2) is 6.39. The molecule has 0 N–H and O–H groups in total. The number of rotatable bonds is 4. The molecule has 0 aliphatic heterocycles. The number of ether oxygens (including phenoxy) is 1. The van der Waals surface area contributed by atoms with Gasteiger partial charge in [0, 0.05) is 19.2 Å². The van der Waals surface area contributed by atoms with Gasteiger partial charge < -0.3 is 9.64 Å². The summed E-state index contributed by atoms with van der Waals surface area (Å²) in [4.78, 5) is 13.9. The van der Waals surface area contributed by atoms with E-state index in [1.54, 1.807) is 30.1 Å². The van der Waals surface area contributed by atoms with Gasteiger partial charge in [0.15, 0.2) is 11.6 Å². The van der Waals surface area contributed by atoms with Crippen LogP contribution in [0.2, 0.25) is 0 Å². The van der Waals surface area contributed by atoms with Crippen molar-refractivity contribution in [2.75, 3.05) is 14.2 Å². The molecule has 0 radical (unpaired) electrons. The van der Waals surface area contributed by atoms with Crippen LogP contribution in [0, 0.1) is 12.7 Å². The molecular weight excluding hydrogens is 269 g/mol. The summed E-state index contributed by atoms with van der Waals surface area (Å²) in [5.74, 6) is -0.312. The summed E-state index contributed by atoms with van der Waals surface area (Å²) in [7, 11) is 3.12. The number of carbonyl (C=O) groups excluding carboxylic acids is 1. The third kappa shape index (κ3) is 3.60. The Bertz CT molecular complexity index is 655. The van der Waals surface area contributed by atoms with E-state index in [0.29, 0.717) is 12.1 Å². The maximum Gasteiger partial charge on any atom is 0.253 e. The lowest BCUT2D eigenvalue weighted by molar-refractivity contribution is 0.0785. The van der Waals surface area contributed by atoms with Crippen LogP contribution in [0.15, 0.2) is 42.5 Å². The van der Waals surface area contributed by atoms with Gasteiger partial charge >= 0.3 is 0 Å². The van der Waals surface area contributed by atoms with Gasteiger partial charge in [-0.15, -0.1) is 0 Å². The predicted octanol–water partition coefficient (Wildman–Crippen LogP) is 3.41. The van der Waals surface area contributed by atoms with Gasteiger partial charge in [0.2, 0.25) is 0 Å². The zero-order chi connectivity index (χ0) is 15.4. The van der Waals surface area contributed by atoms with Crippen molar-refractivity contribution in [3.63, 3.8) is 0 Å². The van der Waals surface area contributed by atoms with Crippen molar-refractivity contribution >= 4 is 5.91 Å². The highest BCUT2D eigenvalue weighted by Gasteiger charge is 2.13. The van der Waals surface area contributed by atoms with Gasteiger partial charge in [-0.2, -0.15) is 0 Å². The van der Waals surface area contributed by atoms with Crippen LogP contribution >= 0.6 is 0 Å². The molecule has 0 fully saturated rings. The van der Waals surface area contributed by atoms with Crippen molar-refractivity contribution in [1.82, 2.24) is 4.90 Å². The van der Waals surface area contributed by atoms with E-state index < -0.39 is 5.82 Å². The third-order valence-electron chi connectivity index (χ3n) is 3.25. The van der Waals surface area contributed by atoms with E-state index in [2.05, 4.69) is 0 Å². The Morgan fingerprint density at radius 1 is 1.24 bits per heavy atom. The van der Waals surface area contributed by atoms with Crippen molar-refractivity contribution in [2.24, 2.45) is 0 Å². The van der Waals surface area contributed by atoms with Gasteiger partial charge in [-0.25, -0.2) is 4.39 Å². The Kier molecular flexibility index (Phi) is 4.58. The lowest BCUT2D eigenvalue weighted by Crippen LogP contribution is -2.26. The zero-order valence-electron chi connectivity index (χ0n) is 12.4.